The topological polar surface area (TPSA) is 23.5 Å². The highest BCUT2D eigenvalue weighted by atomic mass is 79.9. The highest BCUT2D eigenvalue weighted by Crippen LogP contribution is 2.16. The molecule has 1 aromatic carbocycles. The zero-order chi connectivity index (χ0) is 12.1. The van der Waals surface area contributed by atoms with E-state index in [1.807, 2.05) is 18.0 Å². The van der Waals surface area contributed by atoms with Gasteiger partial charge in [0.1, 0.15) is 5.82 Å². The van der Waals surface area contributed by atoms with Gasteiger partial charge < -0.3 is 10.0 Å². The van der Waals surface area contributed by atoms with E-state index in [-0.39, 0.29) is 11.9 Å². The van der Waals surface area contributed by atoms with Crippen LogP contribution < -0.4 is 0 Å². The maximum absolute atomic E-state index is 13.5. The molecule has 0 saturated heterocycles. The number of rotatable bonds is 5. The highest BCUT2D eigenvalue weighted by molar-refractivity contribution is 9.10. The molecule has 0 aromatic heterocycles. The van der Waals surface area contributed by atoms with E-state index in [1.165, 1.54) is 6.07 Å². The molecule has 0 amide bonds. The predicted octanol–water partition coefficient (Wildman–Crippen LogP) is 2.79. The minimum absolute atomic E-state index is 0.196. The third-order valence-electron chi connectivity index (χ3n) is 2.38. The van der Waals surface area contributed by atoms with Crippen LogP contribution in [-0.2, 0) is 6.54 Å². The molecule has 1 unspecified atom stereocenters. The van der Waals surface area contributed by atoms with Gasteiger partial charge in [-0.15, -0.1) is 0 Å². The first-order valence-electron chi connectivity index (χ1n) is 5.29. The normalized spacial score (nSPS) is 13.1. The van der Waals surface area contributed by atoms with Gasteiger partial charge in [-0.25, -0.2) is 4.39 Å². The standard InChI is InChI=1S/C12H17BrFNO/c1-9(16)5-6-15(2)8-10-3-4-11(13)7-12(10)14/h3-4,7,9,16H,5-6,8H2,1-2H3. The maximum atomic E-state index is 13.5. The Kier molecular flexibility index (Phi) is 5.38. The summed E-state index contributed by atoms with van der Waals surface area (Å²) in [5, 5.41) is 9.15. The van der Waals surface area contributed by atoms with Gasteiger partial charge in [0.05, 0.1) is 6.10 Å². The molecule has 4 heteroatoms. The Morgan fingerprint density at radius 3 is 2.75 bits per heavy atom. The SMILES string of the molecule is CC(O)CCN(C)Cc1ccc(Br)cc1F. The fourth-order valence-corrected chi connectivity index (χ4v) is 1.76. The monoisotopic (exact) mass is 289 g/mol. The fourth-order valence-electron chi connectivity index (χ4n) is 1.43. The van der Waals surface area contributed by atoms with Crippen LogP contribution in [0.2, 0.25) is 0 Å². The Hall–Kier alpha value is -0.450. The van der Waals surface area contributed by atoms with Gasteiger partial charge in [-0.3, -0.25) is 0 Å². The first-order valence-corrected chi connectivity index (χ1v) is 6.09. The smallest absolute Gasteiger partial charge is 0.128 e. The Balaban J connectivity index is 2.52. The Labute approximate surface area is 104 Å². The van der Waals surface area contributed by atoms with Crippen LogP contribution in [0.5, 0.6) is 0 Å². The number of hydrogen-bond acceptors (Lipinski definition) is 2. The highest BCUT2D eigenvalue weighted by Gasteiger charge is 2.07. The van der Waals surface area contributed by atoms with E-state index in [4.69, 9.17) is 5.11 Å². The summed E-state index contributed by atoms with van der Waals surface area (Å²) in [6.45, 7) is 3.08. The molecule has 0 bridgehead atoms. The third-order valence-corrected chi connectivity index (χ3v) is 2.88. The van der Waals surface area contributed by atoms with Crippen LogP contribution in [0.1, 0.15) is 18.9 Å². The van der Waals surface area contributed by atoms with Crippen molar-refractivity contribution >= 4 is 15.9 Å². The summed E-state index contributed by atoms with van der Waals surface area (Å²) >= 11 is 3.23. The van der Waals surface area contributed by atoms with Gasteiger partial charge in [-0.05, 0) is 32.5 Å². The van der Waals surface area contributed by atoms with Crippen molar-refractivity contribution in [1.29, 1.82) is 0 Å². The quantitative estimate of drug-likeness (QED) is 0.901. The van der Waals surface area contributed by atoms with E-state index in [0.717, 1.165) is 11.0 Å². The Morgan fingerprint density at radius 2 is 2.19 bits per heavy atom. The summed E-state index contributed by atoms with van der Waals surface area (Å²) in [5.74, 6) is -0.196. The largest absolute Gasteiger partial charge is 0.393 e. The van der Waals surface area contributed by atoms with Crippen molar-refractivity contribution in [2.24, 2.45) is 0 Å². The molecular formula is C12H17BrFNO. The maximum Gasteiger partial charge on any atom is 0.128 e. The second kappa shape index (κ2) is 6.33. The average molecular weight is 290 g/mol. The number of benzene rings is 1. The summed E-state index contributed by atoms with van der Waals surface area (Å²) in [6, 6.07) is 5.08. The first kappa shape index (κ1) is 13.6. The summed E-state index contributed by atoms with van der Waals surface area (Å²) in [5.41, 5.74) is 0.677. The second-order valence-electron chi connectivity index (χ2n) is 4.11. The number of aliphatic hydroxyl groups excluding tert-OH is 1. The summed E-state index contributed by atoms with van der Waals surface area (Å²) in [6.07, 6.45) is 0.395. The number of halogens is 2. The lowest BCUT2D eigenvalue weighted by atomic mass is 10.2. The zero-order valence-corrected chi connectivity index (χ0v) is 11.2. The van der Waals surface area contributed by atoms with E-state index < -0.39 is 0 Å². The van der Waals surface area contributed by atoms with Crippen LogP contribution in [0.4, 0.5) is 4.39 Å². The Bertz CT molecular complexity index is 344. The van der Waals surface area contributed by atoms with Crippen LogP contribution in [0, 0.1) is 5.82 Å². The van der Waals surface area contributed by atoms with Crippen LogP contribution in [0.15, 0.2) is 22.7 Å². The molecule has 0 aliphatic carbocycles. The third kappa shape index (κ3) is 4.60. The molecule has 0 radical (unpaired) electrons. The summed E-state index contributed by atoms with van der Waals surface area (Å²) < 4.78 is 14.3. The predicted molar refractivity (Wildman–Crippen MR) is 66.7 cm³/mol. The second-order valence-corrected chi connectivity index (χ2v) is 5.03. The van der Waals surface area contributed by atoms with E-state index in [9.17, 15) is 4.39 Å². The molecule has 1 aromatic rings. The van der Waals surface area contributed by atoms with Crippen molar-refractivity contribution in [2.75, 3.05) is 13.6 Å². The van der Waals surface area contributed by atoms with Crippen molar-refractivity contribution in [3.05, 3.63) is 34.1 Å². The van der Waals surface area contributed by atoms with E-state index in [1.54, 1.807) is 13.0 Å². The average Bonchev–Trinajstić information content (AvgIpc) is 2.19. The lowest BCUT2D eigenvalue weighted by molar-refractivity contribution is 0.162. The van der Waals surface area contributed by atoms with Gasteiger partial charge in [0.15, 0.2) is 0 Å². The van der Waals surface area contributed by atoms with E-state index in [0.29, 0.717) is 18.5 Å². The zero-order valence-electron chi connectivity index (χ0n) is 9.58. The fraction of sp³-hybridized carbons (Fsp3) is 0.500. The van der Waals surface area contributed by atoms with Gasteiger partial charge in [0, 0.05) is 23.1 Å². The van der Waals surface area contributed by atoms with E-state index in [2.05, 4.69) is 15.9 Å². The molecule has 2 nitrogen and oxygen atoms in total. The lowest BCUT2D eigenvalue weighted by Crippen LogP contribution is -2.22. The number of nitrogens with zero attached hydrogens (tertiary/aromatic N) is 1. The van der Waals surface area contributed by atoms with Gasteiger partial charge in [-0.2, -0.15) is 0 Å². The molecule has 0 aliphatic rings. The minimum Gasteiger partial charge on any atom is -0.393 e. The molecule has 0 spiro atoms. The molecule has 0 saturated carbocycles. The van der Waals surface area contributed by atoms with Gasteiger partial charge >= 0.3 is 0 Å². The molecule has 16 heavy (non-hydrogen) atoms. The molecule has 1 rings (SSSR count). The van der Waals surface area contributed by atoms with Gasteiger partial charge in [0.25, 0.3) is 0 Å². The van der Waals surface area contributed by atoms with E-state index >= 15 is 0 Å². The van der Waals surface area contributed by atoms with Crippen LogP contribution in [0.3, 0.4) is 0 Å². The van der Waals surface area contributed by atoms with Crippen LogP contribution in [-0.4, -0.2) is 29.7 Å². The summed E-state index contributed by atoms with van der Waals surface area (Å²) in [7, 11) is 1.92. The van der Waals surface area contributed by atoms with Crippen molar-refractivity contribution in [1.82, 2.24) is 4.90 Å². The summed E-state index contributed by atoms with van der Waals surface area (Å²) in [4.78, 5) is 2.00. The first-order chi connectivity index (χ1) is 7.49. The number of aliphatic hydroxyl groups is 1. The van der Waals surface area contributed by atoms with Gasteiger partial charge in [0.2, 0.25) is 0 Å². The van der Waals surface area contributed by atoms with Crippen LogP contribution in [0.25, 0.3) is 0 Å². The van der Waals surface area contributed by atoms with Crippen molar-refractivity contribution in [3.8, 4) is 0 Å². The van der Waals surface area contributed by atoms with Crippen molar-refractivity contribution in [2.45, 2.75) is 26.0 Å². The molecule has 1 atom stereocenters. The van der Waals surface area contributed by atoms with Crippen molar-refractivity contribution < 1.29 is 9.50 Å². The molecular weight excluding hydrogens is 273 g/mol. The number of hydrogen-bond donors (Lipinski definition) is 1. The Morgan fingerprint density at radius 1 is 1.50 bits per heavy atom. The van der Waals surface area contributed by atoms with Crippen LogP contribution >= 0.6 is 15.9 Å². The molecule has 0 fully saturated rings. The minimum atomic E-state index is -0.308. The molecule has 1 N–H and O–H groups in total. The van der Waals surface area contributed by atoms with Gasteiger partial charge in [-0.1, -0.05) is 22.0 Å². The van der Waals surface area contributed by atoms with Crippen molar-refractivity contribution in [3.63, 3.8) is 0 Å². The lowest BCUT2D eigenvalue weighted by Gasteiger charge is -2.17. The molecule has 90 valence electrons. The molecule has 0 heterocycles. The molecule has 0 aliphatic heterocycles.